The maximum absolute atomic E-state index is 12.7. The minimum Gasteiger partial charge on any atom is -0.389 e. The molecule has 0 bridgehead atoms. The summed E-state index contributed by atoms with van der Waals surface area (Å²) in [7, 11) is 0. The molecule has 20 heavy (non-hydrogen) atoms. The Morgan fingerprint density at radius 1 is 1.40 bits per heavy atom. The van der Waals surface area contributed by atoms with Gasteiger partial charge in [-0.05, 0) is 25.5 Å². The van der Waals surface area contributed by atoms with Crippen LogP contribution in [0.25, 0.3) is 0 Å². The number of benzene rings is 1. The first-order valence-corrected chi connectivity index (χ1v) is 6.32. The van der Waals surface area contributed by atoms with Crippen molar-refractivity contribution in [2.75, 3.05) is 18.0 Å². The Kier molecular flexibility index (Phi) is 5.40. The molecule has 0 radical (unpaired) electrons. The first-order valence-electron chi connectivity index (χ1n) is 6.32. The van der Waals surface area contributed by atoms with Crippen LogP contribution < -0.4 is 4.90 Å². The van der Waals surface area contributed by atoms with Crippen molar-refractivity contribution in [3.05, 3.63) is 29.3 Å². The van der Waals surface area contributed by atoms with E-state index in [1.54, 1.807) is 6.92 Å². The number of hydrogen-bond acceptors (Lipinski definition) is 3. The summed E-state index contributed by atoms with van der Waals surface area (Å²) < 4.78 is 38.0. The van der Waals surface area contributed by atoms with Crippen molar-refractivity contribution in [3.63, 3.8) is 0 Å². The summed E-state index contributed by atoms with van der Waals surface area (Å²) in [4.78, 5) is 1.16. The summed E-state index contributed by atoms with van der Waals surface area (Å²) in [5, 5.41) is 18.6. The Hall–Kier alpha value is -1.74. The van der Waals surface area contributed by atoms with Crippen molar-refractivity contribution < 1.29 is 18.3 Å². The van der Waals surface area contributed by atoms with Crippen LogP contribution in [0.3, 0.4) is 0 Å². The number of halogens is 3. The van der Waals surface area contributed by atoms with Gasteiger partial charge in [-0.25, -0.2) is 0 Å². The second-order valence-electron chi connectivity index (χ2n) is 4.60. The van der Waals surface area contributed by atoms with Crippen molar-refractivity contribution >= 4 is 5.69 Å². The fraction of sp³-hybridized carbons (Fsp3) is 0.500. The number of alkyl halides is 3. The first-order chi connectivity index (χ1) is 9.28. The Balaban J connectivity index is 3.26. The van der Waals surface area contributed by atoms with Crippen LogP contribution in [-0.2, 0) is 0 Å². The van der Waals surface area contributed by atoms with Gasteiger partial charge in [0.1, 0.15) is 6.54 Å². The van der Waals surface area contributed by atoms with Gasteiger partial charge in [-0.2, -0.15) is 18.4 Å². The van der Waals surface area contributed by atoms with E-state index in [4.69, 9.17) is 5.26 Å². The molecule has 0 spiro atoms. The van der Waals surface area contributed by atoms with Crippen molar-refractivity contribution in [2.45, 2.75) is 32.5 Å². The number of aliphatic hydroxyl groups excluding tert-OH is 1. The molecule has 0 amide bonds. The van der Waals surface area contributed by atoms with Crippen molar-refractivity contribution in [3.8, 4) is 6.07 Å². The van der Waals surface area contributed by atoms with Crippen LogP contribution in [0.5, 0.6) is 0 Å². The van der Waals surface area contributed by atoms with Crippen LogP contribution in [0, 0.1) is 11.3 Å². The largest absolute Gasteiger partial charge is 0.405 e. The third kappa shape index (κ3) is 4.42. The first kappa shape index (κ1) is 16.3. The lowest BCUT2D eigenvalue weighted by atomic mass is 10.0. The Labute approximate surface area is 116 Å². The smallest absolute Gasteiger partial charge is 0.389 e. The standard InChI is InChI=1S/C14H17F3N2O/c1-3-6-19(9-14(15,16)17)13-7-11(8-18)4-5-12(13)10(2)20/h4-5,7,10,20H,3,6,9H2,1-2H3/t10-/m1/s1. The molecule has 6 heteroatoms. The van der Waals surface area contributed by atoms with Gasteiger partial charge in [-0.3, -0.25) is 0 Å². The van der Waals surface area contributed by atoms with E-state index in [1.165, 1.54) is 25.1 Å². The van der Waals surface area contributed by atoms with Gasteiger partial charge in [0.05, 0.1) is 17.7 Å². The summed E-state index contributed by atoms with van der Waals surface area (Å²) >= 11 is 0. The Morgan fingerprint density at radius 2 is 2.05 bits per heavy atom. The van der Waals surface area contributed by atoms with E-state index >= 15 is 0 Å². The zero-order chi connectivity index (χ0) is 15.3. The van der Waals surface area contributed by atoms with E-state index in [9.17, 15) is 18.3 Å². The normalized spacial score (nSPS) is 12.8. The lowest BCUT2D eigenvalue weighted by Gasteiger charge is -2.28. The number of aliphatic hydroxyl groups is 1. The van der Waals surface area contributed by atoms with Crippen LogP contribution in [0.2, 0.25) is 0 Å². The summed E-state index contributed by atoms with van der Waals surface area (Å²) in [5.41, 5.74) is 0.924. The zero-order valence-corrected chi connectivity index (χ0v) is 11.4. The molecule has 3 nitrogen and oxygen atoms in total. The van der Waals surface area contributed by atoms with Gasteiger partial charge >= 0.3 is 6.18 Å². The maximum atomic E-state index is 12.7. The van der Waals surface area contributed by atoms with E-state index in [1.807, 2.05) is 6.07 Å². The van der Waals surface area contributed by atoms with E-state index in [2.05, 4.69) is 0 Å². The number of nitrogens with zero attached hydrogens (tertiary/aromatic N) is 2. The van der Waals surface area contributed by atoms with Crippen molar-refractivity contribution in [1.82, 2.24) is 0 Å². The molecule has 1 rings (SSSR count). The number of anilines is 1. The second kappa shape index (κ2) is 6.62. The molecule has 1 atom stereocenters. The van der Waals surface area contributed by atoms with Gasteiger partial charge in [0.15, 0.2) is 0 Å². The third-order valence-corrected chi connectivity index (χ3v) is 2.81. The predicted octanol–water partition coefficient (Wildman–Crippen LogP) is 3.39. The van der Waals surface area contributed by atoms with Gasteiger partial charge in [0.25, 0.3) is 0 Å². The molecular formula is C14H17F3N2O. The average Bonchev–Trinajstić information content (AvgIpc) is 2.35. The van der Waals surface area contributed by atoms with E-state index in [0.29, 0.717) is 12.0 Å². The minimum atomic E-state index is -4.34. The average molecular weight is 286 g/mol. The second-order valence-corrected chi connectivity index (χ2v) is 4.60. The highest BCUT2D eigenvalue weighted by Gasteiger charge is 2.31. The molecule has 1 aromatic carbocycles. The van der Waals surface area contributed by atoms with E-state index < -0.39 is 18.8 Å². The van der Waals surface area contributed by atoms with Gasteiger partial charge in [-0.1, -0.05) is 13.0 Å². The Morgan fingerprint density at radius 3 is 2.50 bits per heavy atom. The molecule has 0 saturated carbocycles. The molecule has 0 aliphatic heterocycles. The molecule has 0 aromatic heterocycles. The van der Waals surface area contributed by atoms with Crippen LogP contribution in [-0.4, -0.2) is 24.4 Å². The molecule has 110 valence electrons. The van der Waals surface area contributed by atoms with E-state index in [-0.39, 0.29) is 17.8 Å². The molecule has 1 N–H and O–H groups in total. The van der Waals surface area contributed by atoms with Crippen molar-refractivity contribution in [1.29, 1.82) is 5.26 Å². The van der Waals surface area contributed by atoms with Gasteiger partial charge in [-0.15, -0.1) is 0 Å². The monoisotopic (exact) mass is 286 g/mol. The van der Waals surface area contributed by atoms with Crippen LogP contribution in [0.1, 0.15) is 37.5 Å². The van der Waals surface area contributed by atoms with Gasteiger partial charge in [0.2, 0.25) is 0 Å². The molecule has 0 aliphatic rings. The fourth-order valence-corrected chi connectivity index (χ4v) is 2.01. The fourth-order valence-electron chi connectivity index (χ4n) is 2.01. The Bertz CT molecular complexity index is 492. The molecule has 1 aromatic rings. The topological polar surface area (TPSA) is 47.3 Å². The number of hydrogen-bond donors (Lipinski definition) is 1. The predicted molar refractivity (Wildman–Crippen MR) is 70.3 cm³/mol. The highest BCUT2D eigenvalue weighted by Crippen LogP contribution is 2.30. The molecule has 0 aliphatic carbocycles. The molecule has 0 unspecified atom stereocenters. The molecule has 0 saturated heterocycles. The lowest BCUT2D eigenvalue weighted by molar-refractivity contribution is -0.119. The molecule has 0 fully saturated rings. The molecular weight excluding hydrogens is 269 g/mol. The lowest BCUT2D eigenvalue weighted by Crippen LogP contribution is -2.35. The van der Waals surface area contributed by atoms with Crippen LogP contribution in [0.15, 0.2) is 18.2 Å². The van der Waals surface area contributed by atoms with Crippen LogP contribution in [0.4, 0.5) is 18.9 Å². The van der Waals surface area contributed by atoms with Crippen molar-refractivity contribution in [2.24, 2.45) is 0 Å². The molecule has 0 heterocycles. The van der Waals surface area contributed by atoms with E-state index in [0.717, 1.165) is 4.90 Å². The highest BCUT2D eigenvalue weighted by molar-refractivity contribution is 5.58. The number of rotatable bonds is 5. The van der Waals surface area contributed by atoms with Gasteiger partial charge < -0.3 is 10.0 Å². The summed E-state index contributed by atoms with van der Waals surface area (Å²) in [6.45, 7) is 2.37. The van der Waals surface area contributed by atoms with Gasteiger partial charge in [0, 0.05) is 17.8 Å². The third-order valence-electron chi connectivity index (χ3n) is 2.81. The summed E-state index contributed by atoms with van der Waals surface area (Å²) in [5.74, 6) is 0. The zero-order valence-electron chi connectivity index (χ0n) is 11.4. The SMILES string of the molecule is CCCN(CC(F)(F)F)c1cc(C#N)ccc1[C@@H](C)O. The highest BCUT2D eigenvalue weighted by atomic mass is 19.4. The summed E-state index contributed by atoms with van der Waals surface area (Å²) in [6.07, 6.45) is -4.70. The number of nitriles is 1. The quantitative estimate of drug-likeness (QED) is 0.902. The summed E-state index contributed by atoms with van der Waals surface area (Å²) in [6, 6.07) is 6.28. The van der Waals surface area contributed by atoms with Crippen LogP contribution >= 0.6 is 0 Å². The minimum absolute atomic E-state index is 0.202. The maximum Gasteiger partial charge on any atom is 0.405 e.